The molecule has 104 valence electrons. The van der Waals surface area contributed by atoms with E-state index in [0.717, 1.165) is 24.9 Å². The normalized spacial score (nSPS) is 26.9. The molecule has 1 aromatic rings. The van der Waals surface area contributed by atoms with Crippen molar-refractivity contribution in [1.82, 2.24) is 5.43 Å². The largest absolute Gasteiger partial charge is 0.526 e. The number of nitrogens with one attached hydrogen (secondary N) is 1. The zero-order valence-corrected chi connectivity index (χ0v) is 10.9. The monoisotopic (exact) mass is 264 g/mol. The van der Waals surface area contributed by atoms with Crippen LogP contribution in [0.3, 0.4) is 0 Å². The molecule has 5 nitrogen and oxygen atoms in total. The topological polar surface area (TPSA) is 72.4 Å². The lowest BCUT2D eigenvalue weighted by Crippen LogP contribution is -2.66. The number of hydrogen-bond donors (Lipinski definition) is 2. The molecule has 5 heteroatoms. The first-order valence-electron chi connectivity index (χ1n) is 6.64. The highest BCUT2D eigenvalue weighted by Crippen LogP contribution is 2.24. The molecule has 1 saturated heterocycles. The number of amides is 1. The van der Waals surface area contributed by atoms with Gasteiger partial charge in [0.2, 0.25) is 0 Å². The molecule has 0 spiro atoms. The van der Waals surface area contributed by atoms with Crippen molar-refractivity contribution in [2.45, 2.75) is 19.4 Å². The van der Waals surface area contributed by atoms with Crippen molar-refractivity contribution in [1.29, 1.82) is 0 Å². The minimum Gasteiger partial charge on any atom is -0.526 e. The van der Waals surface area contributed by atoms with E-state index in [2.05, 4.69) is 5.43 Å². The van der Waals surface area contributed by atoms with Gasteiger partial charge in [0.15, 0.2) is 6.09 Å². The third kappa shape index (κ3) is 3.68. The van der Waals surface area contributed by atoms with E-state index in [9.17, 15) is 15.0 Å². The molecule has 1 amide bonds. The lowest BCUT2D eigenvalue weighted by atomic mass is 9.97. The highest BCUT2D eigenvalue weighted by atomic mass is 16.4. The van der Waals surface area contributed by atoms with Crippen LogP contribution in [-0.4, -0.2) is 35.5 Å². The van der Waals surface area contributed by atoms with Crippen molar-refractivity contribution >= 4 is 6.09 Å². The highest BCUT2D eigenvalue weighted by molar-refractivity contribution is 5.60. The molecule has 1 fully saturated rings. The number of benzene rings is 1. The van der Waals surface area contributed by atoms with Crippen LogP contribution in [-0.2, 0) is 6.54 Å². The summed E-state index contributed by atoms with van der Waals surface area (Å²) in [5, 5.41) is 20.3. The Morgan fingerprint density at radius 1 is 1.42 bits per heavy atom. The molecule has 1 aliphatic rings. The Labute approximate surface area is 113 Å². The number of aliphatic hydroxyl groups is 1. The van der Waals surface area contributed by atoms with Gasteiger partial charge in [0.1, 0.15) is 19.6 Å². The van der Waals surface area contributed by atoms with Crippen LogP contribution in [0.5, 0.6) is 0 Å². The summed E-state index contributed by atoms with van der Waals surface area (Å²) < 4.78 is 0.248. The van der Waals surface area contributed by atoms with Gasteiger partial charge in [-0.1, -0.05) is 30.3 Å². The van der Waals surface area contributed by atoms with Crippen LogP contribution in [0.1, 0.15) is 18.4 Å². The molecule has 0 aromatic heterocycles. The smallest absolute Gasteiger partial charge is 0.185 e. The number of carbonyl (C=O) groups is 1. The average molecular weight is 264 g/mol. The predicted molar refractivity (Wildman–Crippen MR) is 68.5 cm³/mol. The first-order valence-corrected chi connectivity index (χ1v) is 6.64. The molecule has 2 atom stereocenters. The number of hydrogen-bond acceptors (Lipinski definition) is 3. The van der Waals surface area contributed by atoms with Crippen molar-refractivity contribution in [3.05, 3.63) is 35.9 Å². The van der Waals surface area contributed by atoms with Crippen LogP contribution < -0.4 is 10.5 Å². The van der Waals surface area contributed by atoms with E-state index in [0.29, 0.717) is 13.1 Å². The molecule has 2 rings (SSSR count). The van der Waals surface area contributed by atoms with Gasteiger partial charge in [0.05, 0.1) is 6.61 Å². The number of carbonyl (C=O) groups excluding carboxylic acids is 1. The molecule has 2 N–H and O–H groups in total. The number of piperidine rings is 1. The van der Waals surface area contributed by atoms with Gasteiger partial charge >= 0.3 is 0 Å². The van der Waals surface area contributed by atoms with E-state index in [1.165, 1.54) is 0 Å². The van der Waals surface area contributed by atoms with Crippen LogP contribution in [0.15, 0.2) is 30.3 Å². The van der Waals surface area contributed by atoms with Crippen LogP contribution >= 0.6 is 0 Å². The summed E-state index contributed by atoms with van der Waals surface area (Å²) in [6.07, 6.45) is 0.591. The molecule has 0 radical (unpaired) electrons. The lowest BCUT2D eigenvalue weighted by molar-refractivity contribution is -0.982. The lowest BCUT2D eigenvalue weighted by Gasteiger charge is -2.43. The van der Waals surface area contributed by atoms with Crippen LogP contribution in [0, 0.1) is 5.92 Å². The van der Waals surface area contributed by atoms with Gasteiger partial charge in [0.25, 0.3) is 0 Å². The van der Waals surface area contributed by atoms with Crippen molar-refractivity contribution < 1.29 is 19.6 Å². The number of rotatable bonds is 4. The Morgan fingerprint density at radius 2 is 2.16 bits per heavy atom. The predicted octanol–water partition coefficient (Wildman–Crippen LogP) is 0.254. The van der Waals surface area contributed by atoms with Gasteiger partial charge in [-0.2, -0.15) is 0 Å². The summed E-state index contributed by atoms with van der Waals surface area (Å²) in [5.74, 6) is 0.143. The number of carboxylic acid groups (broad SMARTS) is 1. The van der Waals surface area contributed by atoms with Gasteiger partial charge in [-0.05, 0) is 12.8 Å². The molecule has 0 bridgehead atoms. The summed E-state index contributed by atoms with van der Waals surface area (Å²) in [6, 6.07) is 9.79. The molecular weight excluding hydrogens is 244 g/mol. The second-order valence-corrected chi connectivity index (χ2v) is 5.29. The van der Waals surface area contributed by atoms with Gasteiger partial charge < -0.3 is 15.0 Å². The fourth-order valence-electron chi connectivity index (χ4n) is 2.92. The second kappa shape index (κ2) is 6.04. The van der Waals surface area contributed by atoms with Crippen LogP contribution in [0.2, 0.25) is 0 Å². The summed E-state index contributed by atoms with van der Waals surface area (Å²) in [4.78, 5) is 11.0. The Bertz CT molecular complexity index is 424. The minimum absolute atomic E-state index is 0.101. The maximum Gasteiger partial charge on any atom is 0.185 e. The Morgan fingerprint density at radius 3 is 2.79 bits per heavy atom. The summed E-state index contributed by atoms with van der Waals surface area (Å²) in [7, 11) is 0. The Hall–Kier alpha value is -1.59. The summed E-state index contributed by atoms with van der Waals surface area (Å²) in [5.41, 5.74) is 3.62. The van der Waals surface area contributed by atoms with E-state index in [1.54, 1.807) is 0 Å². The van der Waals surface area contributed by atoms with Crippen molar-refractivity contribution in [3.63, 3.8) is 0 Å². The first kappa shape index (κ1) is 13.8. The maximum absolute atomic E-state index is 11.0. The molecule has 1 aliphatic heterocycles. The highest BCUT2D eigenvalue weighted by Gasteiger charge is 2.35. The second-order valence-electron chi connectivity index (χ2n) is 5.29. The maximum atomic E-state index is 11.0. The van der Waals surface area contributed by atoms with Gasteiger partial charge in [0, 0.05) is 11.5 Å². The van der Waals surface area contributed by atoms with Crippen LogP contribution in [0.4, 0.5) is 4.79 Å². The van der Waals surface area contributed by atoms with E-state index in [1.807, 2.05) is 30.3 Å². The van der Waals surface area contributed by atoms with Gasteiger partial charge in [-0.25, -0.2) is 10.0 Å². The molecule has 0 aliphatic carbocycles. The zero-order valence-electron chi connectivity index (χ0n) is 10.9. The molecule has 1 heterocycles. The Balaban J connectivity index is 2.16. The average Bonchev–Trinajstić information content (AvgIpc) is 2.39. The van der Waals surface area contributed by atoms with E-state index in [4.69, 9.17) is 0 Å². The van der Waals surface area contributed by atoms with Crippen molar-refractivity contribution in [3.8, 4) is 0 Å². The number of nitrogens with zero attached hydrogens (tertiary/aromatic N) is 1. The number of quaternary nitrogens is 1. The van der Waals surface area contributed by atoms with Crippen molar-refractivity contribution in [2.75, 3.05) is 19.7 Å². The first-order chi connectivity index (χ1) is 9.13. The standard InChI is InChI=1S/C14H20N2O3/c17-11-13-7-4-8-16(10-13,15-14(18)19)9-12-5-2-1-3-6-12/h1-3,5-6,13,15,17H,4,7-11H2. The fraction of sp³-hybridized carbons (Fsp3) is 0.500. The number of likely N-dealkylation sites (tertiary alicyclic amines) is 1. The molecule has 19 heavy (non-hydrogen) atoms. The minimum atomic E-state index is -1.26. The third-order valence-corrected chi connectivity index (χ3v) is 3.72. The van der Waals surface area contributed by atoms with E-state index in [-0.39, 0.29) is 17.1 Å². The zero-order chi connectivity index (χ0) is 13.7. The third-order valence-electron chi connectivity index (χ3n) is 3.72. The number of aliphatic hydroxyl groups excluding tert-OH is 1. The summed E-state index contributed by atoms with van der Waals surface area (Å²) >= 11 is 0. The van der Waals surface area contributed by atoms with Gasteiger partial charge in [-0.15, -0.1) is 0 Å². The molecule has 1 aromatic carbocycles. The van der Waals surface area contributed by atoms with E-state index < -0.39 is 6.09 Å². The van der Waals surface area contributed by atoms with Crippen LogP contribution in [0.25, 0.3) is 0 Å². The quantitative estimate of drug-likeness (QED) is 0.766. The molecular formula is C14H20N2O3. The fourth-order valence-corrected chi connectivity index (χ4v) is 2.92. The van der Waals surface area contributed by atoms with Gasteiger partial charge in [-0.3, -0.25) is 0 Å². The molecule has 2 unspecified atom stereocenters. The van der Waals surface area contributed by atoms with E-state index >= 15 is 0 Å². The SMILES string of the molecule is O=C([O-])N[N+]1(Cc2ccccc2)CCCC(CO)C1. The molecule has 0 saturated carbocycles. The Kier molecular flexibility index (Phi) is 4.39. The summed E-state index contributed by atoms with van der Waals surface area (Å²) in [6.45, 7) is 2.04. The van der Waals surface area contributed by atoms with Crippen molar-refractivity contribution in [2.24, 2.45) is 5.92 Å².